The standard InChI is InChI=1S/C11H16N4S2.ClH/c1-7-4-13-9(16-7)11(2,3)15-6-8-5-14-10(12)17-8;/h4-5,15H,6H2,1-3H3,(H2,12,14);1H. The van der Waals surface area contributed by atoms with E-state index in [2.05, 4.69) is 36.1 Å². The molecule has 0 unspecified atom stereocenters. The number of thiazole rings is 2. The second-order valence-corrected chi connectivity index (χ2v) is 6.80. The van der Waals surface area contributed by atoms with Gasteiger partial charge in [0.1, 0.15) is 5.01 Å². The number of nitrogens with two attached hydrogens (primary N) is 1. The van der Waals surface area contributed by atoms with Gasteiger partial charge in [-0.15, -0.1) is 35.1 Å². The molecule has 0 amide bonds. The molecule has 0 saturated heterocycles. The van der Waals surface area contributed by atoms with E-state index in [1.54, 1.807) is 11.3 Å². The van der Waals surface area contributed by atoms with Crippen molar-refractivity contribution < 1.29 is 0 Å². The molecule has 0 aliphatic carbocycles. The summed E-state index contributed by atoms with van der Waals surface area (Å²) in [6.07, 6.45) is 3.73. The van der Waals surface area contributed by atoms with Gasteiger partial charge in [-0.2, -0.15) is 0 Å². The Hall–Kier alpha value is -0.690. The lowest BCUT2D eigenvalue weighted by molar-refractivity contribution is 0.401. The third-order valence-corrected chi connectivity index (χ3v) is 4.49. The molecule has 3 N–H and O–H groups in total. The van der Waals surface area contributed by atoms with Crippen molar-refractivity contribution in [2.45, 2.75) is 32.9 Å². The summed E-state index contributed by atoms with van der Waals surface area (Å²) in [5.74, 6) is 0. The molecular formula is C11H17ClN4S2. The van der Waals surface area contributed by atoms with Crippen LogP contribution in [0.4, 0.5) is 5.13 Å². The average Bonchev–Trinajstić information content (AvgIpc) is 2.85. The van der Waals surface area contributed by atoms with Gasteiger partial charge in [-0.05, 0) is 20.8 Å². The smallest absolute Gasteiger partial charge is 0.180 e. The SMILES string of the molecule is Cc1cnc(C(C)(C)NCc2cnc(N)s2)s1.Cl. The second-order valence-electron chi connectivity index (χ2n) is 4.42. The van der Waals surface area contributed by atoms with Crippen LogP contribution in [0.3, 0.4) is 0 Å². The van der Waals surface area contributed by atoms with Crippen molar-refractivity contribution in [3.8, 4) is 0 Å². The number of anilines is 1. The molecule has 2 heterocycles. The van der Waals surface area contributed by atoms with E-state index < -0.39 is 0 Å². The zero-order valence-electron chi connectivity index (χ0n) is 10.6. The van der Waals surface area contributed by atoms with Crippen LogP contribution in [0.25, 0.3) is 0 Å². The van der Waals surface area contributed by atoms with Crippen LogP contribution in [0.2, 0.25) is 0 Å². The average molecular weight is 305 g/mol. The van der Waals surface area contributed by atoms with E-state index in [0.29, 0.717) is 5.13 Å². The highest BCUT2D eigenvalue weighted by Crippen LogP contribution is 2.25. The monoisotopic (exact) mass is 304 g/mol. The van der Waals surface area contributed by atoms with E-state index in [9.17, 15) is 0 Å². The van der Waals surface area contributed by atoms with E-state index in [1.807, 2.05) is 12.4 Å². The largest absolute Gasteiger partial charge is 0.375 e. The zero-order valence-corrected chi connectivity index (χ0v) is 13.0. The van der Waals surface area contributed by atoms with Crippen molar-refractivity contribution in [2.75, 3.05) is 5.73 Å². The molecule has 18 heavy (non-hydrogen) atoms. The summed E-state index contributed by atoms with van der Waals surface area (Å²) in [4.78, 5) is 10.8. The molecule has 0 aromatic carbocycles. The number of nitrogen functional groups attached to an aromatic ring is 1. The van der Waals surface area contributed by atoms with Crippen LogP contribution in [-0.2, 0) is 12.1 Å². The van der Waals surface area contributed by atoms with E-state index in [0.717, 1.165) is 16.4 Å². The maximum Gasteiger partial charge on any atom is 0.180 e. The Labute approximate surface area is 121 Å². The summed E-state index contributed by atoms with van der Waals surface area (Å²) in [5.41, 5.74) is 5.47. The number of hydrogen-bond donors (Lipinski definition) is 2. The van der Waals surface area contributed by atoms with Crippen LogP contribution in [-0.4, -0.2) is 9.97 Å². The highest BCUT2D eigenvalue weighted by molar-refractivity contribution is 7.15. The summed E-state index contributed by atoms with van der Waals surface area (Å²) >= 11 is 3.24. The lowest BCUT2D eigenvalue weighted by Crippen LogP contribution is -2.35. The van der Waals surface area contributed by atoms with Crippen molar-refractivity contribution in [2.24, 2.45) is 0 Å². The number of aryl methyl sites for hydroxylation is 1. The molecule has 0 aliphatic rings. The van der Waals surface area contributed by atoms with Crippen LogP contribution in [0.5, 0.6) is 0 Å². The van der Waals surface area contributed by atoms with Gasteiger partial charge < -0.3 is 11.1 Å². The van der Waals surface area contributed by atoms with Gasteiger partial charge in [0.05, 0.1) is 5.54 Å². The molecule has 0 fully saturated rings. The van der Waals surface area contributed by atoms with Crippen LogP contribution in [0, 0.1) is 6.92 Å². The topological polar surface area (TPSA) is 63.8 Å². The van der Waals surface area contributed by atoms with E-state index in [1.165, 1.54) is 16.2 Å². The lowest BCUT2D eigenvalue weighted by Gasteiger charge is -2.23. The van der Waals surface area contributed by atoms with E-state index >= 15 is 0 Å². The molecule has 0 bridgehead atoms. The van der Waals surface area contributed by atoms with Gasteiger partial charge in [-0.3, -0.25) is 0 Å². The fraction of sp³-hybridized carbons (Fsp3) is 0.455. The highest BCUT2D eigenvalue weighted by atomic mass is 35.5. The first kappa shape index (κ1) is 15.4. The van der Waals surface area contributed by atoms with Gasteiger partial charge in [0.2, 0.25) is 0 Å². The Morgan fingerprint density at radius 2 is 2.00 bits per heavy atom. The molecule has 4 nitrogen and oxygen atoms in total. The summed E-state index contributed by atoms with van der Waals surface area (Å²) < 4.78 is 0. The summed E-state index contributed by atoms with van der Waals surface area (Å²) in [7, 11) is 0. The number of halogens is 1. The lowest BCUT2D eigenvalue weighted by atomic mass is 10.1. The van der Waals surface area contributed by atoms with E-state index in [-0.39, 0.29) is 17.9 Å². The minimum atomic E-state index is -0.127. The van der Waals surface area contributed by atoms with Gasteiger partial charge in [0.15, 0.2) is 5.13 Å². The third kappa shape index (κ3) is 3.65. The fourth-order valence-electron chi connectivity index (χ4n) is 1.43. The first-order chi connectivity index (χ1) is 7.97. The third-order valence-electron chi connectivity index (χ3n) is 2.43. The Balaban J connectivity index is 0.00000162. The summed E-state index contributed by atoms with van der Waals surface area (Å²) in [5, 5.41) is 5.20. The Bertz CT molecular complexity index is 507. The van der Waals surface area contributed by atoms with Crippen molar-refractivity contribution in [1.29, 1.82) is 0 Å². The molecule has 7 heteroatoms. The van der Waals surface area contributed by atoms with Crippen molar-refractivity contribution in [3.05, 3.63) is 27.2 Å². The number of hydrogen-bond acceptors (Lipinski definition) is 6. The second kappa shape index (κ2) is 5.97. The molecule has 0 radical (unpaired) electrons. The summed E-state index contributed by atoms with van der Waals surface area (Å²) in [6, 6.07) is 0. The van der Waals surface area contributed by atoms with Crippen LogP contribution in [0.15, 0.2) is 12.4 Å². The maximum atomic E-state index is 5.60. The highest BCUT2D eigenvalue weighted by Gasteiger charge is 2.23. The molecule has 2 rings (SSSR count). The molecule has 0 atom stereocenters. The van der Waals surface area contributed by atoms with Gasteiger partial charge in [-0.25, -0.2) is 9.97 Å². The van der Waals surface area contributed by atoms with Crippen molar-refractivity contribution in [1.82, 2.24) is 15.3 Å². The normalized spacial score (nSPS) is 11.3. The molecule has 0 saturated carbocycles. The van der Waals surface area contributed by atoms with Gasteiger partial charge >= 0.3 is 0 Å². The molecule has 0 aliphatic heterocycles. The molecule has 100 valence electrons. The van der Waals surface area contributed by atoms with Crippen LogP contribution < -0.4 is 11.1 Å². The minimum Gasteiger partial charge on any atom is -0.375 e. The first-order valence-electron chi connectivity index (χ1n) is 5.35. The predicted octanol–water partition coefficient (Wildman–Crippen LogP) is 2.94. The predicted molar refractivity (Wildman–Crippen MR) is 80.5 cm³/mol. The van der Waals surface area contributed by atoms with E-state index in [4.69, 9.17) is 5.73 Å². The number of nitrogens with one attached hydrogen (secondary N) is 1. The number of nitrogens with zero attached hydrogens (tertiary/aromatic N) is 2. The Morgan fingerprint density at radius 3 is 2.50 bits per heavy atom. The fourth-order valence-corrected chi connectivity index (χ4v) is 2.90. The molecular weight excluding hydrogens is 288 g/mol. The van der Waals surface area contributed by atoms with Gasteiger partial charge in [0, 0.05) is 28.7 Å². The first-order valence-corrected chi connectivity index (χ1v) is 6.99. The molecule has 0 spiro atoms. The van der Waals surface area contributed by atoms with Gasteiger partial charge in [-0.1, -0.05) is 0 Å². The zero-order chi connectivity index (χ0) is 12.5. The number of aromatic nitrogens is 2. The summed E-state index contributed by atoms with van der Waals surface area (Å²) in [6.45, 7) is 7.10. The number of rotatable bonds is 4. The van der Waals surface area contributed by atoms with Crippen molar-refractivity contribution in [3.63, 3.8) is 0 Å². The molecule has 2 aromatic heterocycles. The minimum absolute atomic E-state index is 0. The van der Waals surface area contributed by atoms with Crippen LogP contribution in [0.1, 0.15) is 28.6 Å². The Morgan fingerprint density at radius 1 is 1.28 bits per heavy atom. The molecule has 2 aromatic rings. The maximum absolute atomic E-state index is 5.60. The van der Waals surface area contributed by atoms with Crippen LogP contribution >= 0.6 is 35.1 Å². The quantitative estimate of drug-likeness (QED) is 0.911. The van der Waals surface area contributed by atoms with Gasteiger partial charge in [0.25, 0.3) is 0 Å². The van der Waals surface area contributed by atoms with Crippen molar-refractivity contribution >= 4 is 40.2 Å². The Kier molecular flexibility index (Phi) is 5.10.